The Morgan fingerprint density at radius 1 is 1.04 bits per heavy atom. The van der Waals surface area contributed by atoms with E-state index in [1.54, 1.807) is 24.3 Å². The number of nitrogens with zero attached hydrogens (tertiary/aromatic N) is 3. The van der Waals surface area contributed by atoms with E-state index in [2.05, 4.69) is 5.10 Å². The minimum atomic E-state index is -0.912. The van der Waals surface area contributed by atoms with Gasteiger partial charge in [-0.2, -0.15) is 5.10 Å². The standard InChI is InChI=1S/C20H16ClN3O3/c1-11-5-3-4-6-15(11)24-18-16(17(22-24)12(2)25)19(26)23(20(18)27)14-9-7-13(21)8-10-14/h3-10,16,18H,1-2H3/t16-,18-/m0/s1. The van der Waals surface area contributed by atoms with E-state index >= 15 is 0 Å². The molecule has 0 N–H and O–H groups in total. The van der Waals surface area contributed by atoms with E-state index in [1.165, 1.54) is 11.9 Å². The van der Waals surface area contributed by atoms with Crippen LogP contribution in [0.1, 0.15) is 12.5 Å². The van der Waals surface area contributed by atoms with Gasteiger partial charge in [0.25, 0.3) is 5.91 Å². The first-order valence-electron chi connectivity index (χ1n) is 8.48. The zero-order valence-electron chi connectivity index (χ0n) is 14.7. The van der Waals surface area contributed by atoms with Crippen molar-refractivity contribution in [2.75, 3.05) is 9.91 Å². The van der Waals surface area contributed by atoms with Gasteiger partial charge in [0.15, 0.2) is 5.78 Å². The number of hydrogen-bond acceptors (Lipinski definition) is 5. The summed E-state index contributed by atoms with van der Waals surface area (Å²) in [5, 5.41) is 6.37. The predicted octanol–water partition coefficient (Wildman–Crippen LogP) is 2.97. The van der Waals surface area contributed by atoms with Crippen LogP contribution in [-0.4, -0.2) is 29.4 Å². The highest BCUT2D eigenvalue weighted by Gasteiger charge is 2.58. The number of imide groups is 1. The van der Waals surface area contributed by atoms with Gasteiger partial charge in [0.05, 0.1) is 11.4 Å². The van der Waals surface area contributed by atoms with Gasteiger partial charge in [-0.25, -0.2) is 4.90 Å². The quantitative estimate of drug-likeness (QED) is 0.766. The number of amides is 2. The molecule has 0 aromatic heterocycles. The molecule has 7 heteroatoms. The van der Waals surface area contributed by atoms with Crippen LogP contribution in [-0.2, 0) is 14.4 Å². The molecule has 27 heavy (non-hydrogen) atoms. The second kappa shape index (κ2) is 6.32. The molecule has 0 unspecified atom stereocenters. The average Bonchev–Trinajstić information content (AvgIpc) is 3.14. The van der Waals surface area contributed by atoms with Crippen molar-refractivity contribution in [3.05, 3.63) is 59.1 Å². The van der Waals surface area contributed by atoms with Crippen LogP contribution in [0.4, 0.5) is 11.4 Å². The molecular formula is C20H16ClN3O3. The zero-order chi connectivity index (χ0) is 19.3. The number of carbonyl (C=O) groups excluding carboxylic acids is 3. The van der Waals surface area contributed by atoms with Crippen molar-refractivity contribution < 1.29 is 14.4 Å². The minimum absolute atomic E-state index is 0.109. The topological polar surface area (TPSA) is 70.1 Å². The van der Waals surface area contributed by atoms with Crippen molar-refractivity contribution in [2.45, 2.75) is 19.9 Å². The number of aryl methyl sites for hydroxylation is 1. The number of anilines is 2. The minimum Gasteiger partial charge on any atom is -0.293 e. The number of carbonyl (C=O) groups is 3. The Morgan fingerprint density at radius 3 is 2.33 bits per heavy atom. The van der Waals surface area contributed by atoms with Crippen LogP contribution in [0.3, 0.4) is 0 Å². The van der Waals surface area contributed by atoms with E-state index in [-0.39, 0.29) is 11.5 Å². The maximum absolute atomic E-state index is 13.2. The second-order valence-electron chi connectivity index (χ2n) is 6.58. The van der Waals surface area contributed by atoms with Gasteiger partial charge in [-0.3, -0.25) is 19.4 Å². The lowest BCUT2D eigenvalue weighted by Crippen LogP contribution is -2.39. The summed E-state index contributed by atoms with van der Waals surface area (Å²) in [5.41, 5.74) is 2.13. The Balaban J connectivity index is 1.82. The maximum Gasteiger partial charge on any atom is 0.259 e. The molecule has 2 aliphatic rings. The molecule has 0 saturated carbocycles. The van der Waals surface area contributed by atoms with E-state index in [0.29, 0.717) is 16.4 Å². The van der Waals surface area contributed by atoms with Crippen LogP contribution in [0.15, 0.2) is 53.6 Å². The Labute approximate surface area is 161 Å². The fourth-order valence-electron chi connectivity index (χ4n) is 3.57. The zero-order valence-corrected chi connectivity index (χ0v) is 15.5. The van der Waals surface area contributed by atoms with Gasteiger partial charge in [0.1, 0.15) is 17.7 Å². The van der Waals surface area contributed by atoms with Crippen LogP contribution in [0.2, 0.25) is 5.02 Å². The number of halogens is 1. The van der Waals surface area contributed by atoms with Crippen molar-refractivity contribution in [1.29, 1.82) is 0 Å². The molecule has 2 heterocycles. The second-order valence-corrected chi connectivity index (χ2v) is 7.02. The first-order valence-corrected chi connectivity index (χ1v) is 8.85. The number of Topliss-reactive ketones (excluding diaryl/α,β-unsaturated/α-hetero) is 1. The maximum atomic E-state index is 13.2. The fourth-order valence-corrected chi connectivity index (χ4v) is 3.69. The van der Waals surface area contributed by atoms with E-state index in [9.17, 15) is 14.4 Å². The smallest absolute Gasteiger partial charge is 0.259 e. The van der Waals surface area contributed by atoms with Gasteiger partial charge >= 0.3 is 0 Å². The Hall–Kier alpha value is -2.99. The SMILES string of the molecule is CC(=O)C1=NN(c2ccccc2C)[C@@H]2C(=O)N(c3ccc(Cl)cc3)C(=O)[C@@H]12. The van der Waals surface area contributed by atoms with Crippen LogP contribution in [0.25, 0.3) is 0 Å². The number of fused-ring (bicyclic) bond motifs is 1. The van der Waals surface area contributed by atoms with Gasteiger partial charge in [0, 0.05) is 11.9 Å². The average molecular weight is 382 g/mol. The highest BCUT2D eigenvalue weighted by Crippen LogP contribution is 2.38. The molecule has 1 saturated heterocycles. The lowest BCUT2D eigenvalue weighted by atomic mass is 9.95. The largest absolute Gasteiger partial charge is 0.293 e. The molecule has 2 aromatic carbocycles. The molecule has 6 nitrogen and oxygen atoms in total. The van der Waals surface area contributed by atoms with Crippen molar-refractivity contribution in [3.8, 4) is 0 Å². The van der Waals surface area contributed by atoms with Gasteiger partial charge in [-0.1, -0.05) is 29.8 Å². The van der Waals surface area contributed by atoms with Gasteiger partial charge in [-0.05, 0) is 42.8 Å². The molecule has 0 radical (unpaired) electrons. The van der Waals surface area contributed by atoms with Gasteiger partial charge < -0.3 is 0 Å². The van der Waals surface area contributed by atoms with E-state index in [0.717, 1.165) is 10.5 Å². The summed E-state index contributed by atoms with van der Waals surface area (Å²) in [7, 11) is 0. The predicted molar refractivity (Wildman–Crippen MR) is 103 cm³/mol. The van der Waals surface area contributed by atoms with Gasteiger partial charge in [0.2, 0.25) is 5.91 Å². The highest BCUT2D eigenvalue weighted by molar-refractivity contribution is 6.49. The van der Waals surface area contributed by atoms with Crippen molar-refractivity contribution in [1.82, 2.24) is 0 Å². The van der Waals surface area contributed by atoms with Gasteiger partial charge in [-0.15, -0.1) is 0 Å². The number of para-hydroxylation sites is 1. The van der Waals surface area contributed by atoms with Crippen LogP contribution in [0.5, 0.6) is 0 Å². The summed E-state index contributed by atoms with van der Waals surface area (Å²) in [4.78, 5) is 39.5. The van der Waals surface area contributed by atoms with E-state index in [1.807, 2.05) is 31.2 Å². The third kappa shape index (κ3) is 2.64. The highest BCUT2D eigenvalue weighted by atomic mass is 35.5. The molecule has 0 spiro atoms. The van der Waals surface area contributed by atoms with Crippen molar-refractivity contribution in [2.24, 2.45) is 11.0 Å². The molecular weight excluding hydrogens is 366 g/mol. The van der Waals surface area contributed by atoms with E-state index < -0.39 is 23.8 Å². The summed E-state index contributed by atoms with van der Waals surface area (Å²) in [6.45, 7) is 3.25. The number of hydrogen-bond donors (Lipinski definition) is 0. The number of hydrazone groups is 1. The molecule has 2 aromatic rings. The Bertz CT molecular complexity index is 1000. The summed E-state index contributed by atoms with van der Waals surface area (Å²) in [6.07, 6.45) is 0. The summed E-state index contributed by atoms with van der Waals surface area (Å²) >= 11 is 5.91. The molecule has 136 valence electrons. The molecule has 0 bridgehead atoms. The molecule has 2 aliphatic heterocycles. The van der Waals surface area contributed by atoms with Crippen LogP contribution in [0, 0.1) is 12.8 Å². The Kier molecular flexibility index (Phi) is 4.08. The summed E-state index contributed by atoms with van der Waals surface area (Å²) < 4.78 is 0. The lowest BCUT2D eigenvalue weighted by molar-refractivity contribution is -0.122. The van der Waals surface area contributed by atoms with Crippen LogP contribution >= 0.6 is 11.6 Å². The molecule has 0 aliphatic carbocycles. The van der Waals surface area contributed by atoms with Crippen LogP contribution < -0.4 is 9.91 Å². The summed E-state index contributed by atoms with van der Waals surface area (Å²) in [5.74, 6) is -2.08. The third-order valence-electron chi connectivity index (χ3n) is 4.86. The fraction of sp³-hybridized carbons (Fsp3) is 0.200. The van der Waals surface area contributed by atoms with Crippen molar-refractivity contribution in [3.63, 3.8) is 0 Å². The first-order chi connectivity index (χ1) is 12.9. The molecule has 2 amide bonds. The molecule has 2 atom stereocenters. The number of benzene rings is 2. The van der Waals surface area contributed by atoms with Crippen molar-refractivity contribution >= 4 is 46.3 Å². The molecule has 4 rings (SSSR count). The molecule has 1 fully saturated rings. The van der Waals surface area contributed by atoms with E-state index in [4.69, 9.17) is 11.6 Å². The lowest BCUT2D eigenvalue weighted by Gasteiger charge is -2.23. The normalized spacial score (nSPS) is 21.5. The Morgan fingerprint density at radius 2 is 1.70 bits per heavy atom. The third-order valence-corrected chi connectivity index (χ3v) is 5.11. The summed E-state index contributed by atoms with van der Waals surface area (Å²) in [6, 6.07) is 13.0. The number of ketones is 1. The monoisotopic (exact) mass is 381 g/mol. The first kappa shape index (κ1) is 17.4. The number of rotatable bonds is 3.